The van der Waals surface area contributed by atoms with E-state index in [0.717, 1.165) is 12.8 Å². The van der Waals surface area contributed by atoms with E-state index in [4.69, 9.17) is 13.6 Å². The Bertz CT molecular complexity index is 2470. The van der Waals surface area contributed by atoms with E-state index in [1.165, 1.54) is 36.4 Å². The third kappa shape index (κ3) is 8.19. The smallest absolute Gasteiger partial charge is 0.870 e. The number of fused-ring (bicyclic) bond motifs is 2. The normalized spacial score (nSPS) is 13.7. The summed E-state index contributed by atoms with van der Waals surface area (Å²) in [6.45, 7) is 3.19. The molecule has 0 spiro atoms. The molecule has 2 amide bonds. The van der Waals surface area contributed by atoms with Gasteiger partial charge < -0.3 is 34.0 Å². The Balaban J connectivity index is 0.000000207. The zero-order valence-electron chi connectivity index (χ0n) is 30.0. The van der Waals surface area contributed by atoms with Crippen LogP contribution in [0.4, 0.5) is 20.2 Å². The van der Waals surface area contributed by atoms with Gasteiger partial charge in [0.15, 0.2) is 0 Å². The second-order valence-corrected chi connectivity index (χ2v) is 14.3. The summed E-state index contributed by atoms with van der Waals surface area (Å²) in [5, 5.41) is 10.7. The number of esters is 1. The van der Waals surface area contributed by atoms with Gasteiger partial charge in [0, 0.05) is 68.9 Å². The molecule has 2 aromatic heterocycles. The van der Waals surface area contributed by atoms with Crippen LogP contribution in [0.1, 0.15) is 53.3 Å². The maximum atomic E-state index is 13.3. The van der Waals surface area contributed by atoms with Crippen LogP contribution in [0.15, 0.2) is 90.6 Å². The number of benzene rings is 4. The number of aromatic carboxylic acids is 1. The number of rotatable bonds is 7. The summed E-state index contributed by atoms with van der Waals surface area (Å²) < 4.78 is 44.9. The fraction of sp³-hybridized carbons (Fsp3) is 0.200. The molecule has 2 aliphatic heterocycles. The van der Waals surface area contributed by atoms with Crippen molar-refractivity contribution < 1.29 is 71.0 Å². The fourth-order valence-corrected chi connectivity index (χ4v) is 7.77. The standard InChI is InChI=1S/C21H17BrFNO4.C19H13BrFNO4.Li.H2O/c1-2-27-21(26)19-14-10-15(22)16(24-9-3-4-18(24)25)11-17(14)28-20(19)12-5-7-13(23)8-6-12;20-13-8-12-15(9-14(13)22-7-1-2-16(22)23)26-18(17(12)19(24)25)10-3-5-11(21)6-4-10;;/h5-8,10-11H,2-4,9H2,1H3;3-6,8-9H,1-2,7H2,(H,24,25);;1H2/q;;+1;/p-1. The van der Waals surface area contributed by atoms with E-state index >= 15 is 0 Å². The number of amides is 2. The minimum absolute atomic E-state index is 0. The van der Waals surface area contributed by atoms with Gasteiger partial charge in [-0.05, 0) is 112 Å². The number of anilines is 2. The number of ether oxygens (including phenoxy) is 1. The number of carbonyl (C=O) groups is 4. The van der Waals surface area contributed by atoms with Crippen molar-refractivity contribution in [1.82, 2.24) is 0 Å². The minimum atomic E-state index is -1.14. The van der Waals surface area contributed by atoms with Crippen molar-refractivity contribution in [3.8, 4) is 22.6 Å². The van der Waals surface area contributed by atoms with Crippen LogP contribution in [-0.2, 0) is 14.3 Å². The van der Waals surface area contributed by atoms with Gasteiger partial charge in [-0.25, -0.2) is 18.4 Å². The summed E-state index contributed by atoms with van der Waals surface area (Å²) >= 11 is 6.95. The molecular weight excluding hydrogens is 857 g/mol. The average Bonchev–Trinajstić information content (AvgIpc) is 3.93. The van der Waals surface area contributed by atoms with Crippen LogP contribution in [0.5, 0.6) is 0 Å². The molecule has 2 fully saturated rings. The summed E-state index contributed by atoms with van der Waals surface area (Å²) in [5.41, 5.74) is 3.49. The second kappa shape index (κ2) is 17.6. The predicted octanol–water partition coefficient (Wildman–Crippen LogP) is 6.96. The van der Waals surface area contributed by atoms with E-state index in [1.54, 1.807) is 53.1 Å². The van der Waals surface area contributed by atoms with Gasteiger partial charge in [-0.15, -0.1) is 0 Å². The molecule has 0 radical (unpaired) electrons. The van der Waals surface area contributed by atoms with Gasteiger partial charge in [0.1, 0.15) is 45.4 Å². The molecule has 8 rings (SSSR count). The Kier molecular flexibility index (Phi) is 13.3. The van der Waals surface area contributed by atoms with Crippen LogP contribution in [0.3, 0.4) is 0 Å². The van der Waals surface area contributed by atoms with Crippen molar-refractivity contribution in [1.29, 1.82) is 0 Å². The molecule has 2 saturated heterocycles. The van der Waals surface area contributed by atoms with Crippen molar-refractivity contribution in [2.24, 2.45) is 0 Å². The quantitative estimate of drug-likeness (QED) is 0.132. The zero-order valence-corrected chi connectivity index (χ0v) is 33.2. The second-order valence-electron chi connectivity index (χ2n) is 12.5. The van der Waals surface area contributed by atoms with Crippen molar-refractivity contribution in [2.45, 2.75) is 32.6 Å². The number of halogens is 4. The van der Waals surface area contributed by atoms with E-state index in [2.05, 4.69) is 31.9 Å². The first kappa shape index (κ1) is 42.4. The van der Waals surface area contributed by atoms with Crippen LogP contribution < -0.4 is 28.7 Å². The van der Waals surface area contributed by atoms with E-state index in [-0.39, 0.29) is 65.5 Å². The molecule has 2 N–H and O–H groups in total. The van der Waals surface area contributed by atoms with Crippen LogP contribution in [0, 0.1) is 11.6 Å². The Morgan fingerprint density at radius 1 is 0.732 bits per heavy atom. The largest absolute Gasteiger partial charge is 1.00 e. The summed E-state index contributed by atoms with van der Waals surface area (Å²) in [5.74, 6) is -1.91. The minimum Gasteiger partial charge on any atom is -0.870 e. The number of hydrogen-bond acceptors (Lipinski definition) is 8. The van der Waals surface area contributed by atoms with Gasteiger partial charge in [0.2, 0.25) is 11.8 Å². The molecular formula is C40H31Br2F2LiN2O9. The predicted molar refractivity (Wildman–Crippen MR) is 207 cm³/mol. The average molecular weight is 888 g/mol. The van der Waals surface area contributed by atoms with Crippen molar-refractivity contribution in [2.75, 3.05) is 29.5 Å². The molecule has 4 heterocycles. The zero-order chi connectivity index (χ0) is 38.3. The number of carbonyl (C=O) groups excluding carboxylic acids is 3. The van der Waals surface area contributed by atoms with Crippen LogP contribution >= 0.6 is 31.9 Å². The van der Waals surface area contributed by atoms with E-state index in [9.17, 15) is 33.1 Å². The van der Waals surface area contributed by atoms with Gasteiger partial charge >= 0.3 is 30.8 Å². The van der Waals surface area contributed by atoms with Gasteiger partial charge in [-0.2, -0.15) is 0 Å². The van der Waals surface area contributed by atoms with Crippen LogP contribution in [-0.4, -0.2) is 54.0 Å². The molecule has 4 aromatic carbocycles. The molecule has 0 atom stereocenters. The Morgan fingerprint density at radius 2 is 1.14 bits per heavy atom. The van der Waals surface area contributed by atoms with Crippen LogP contribution in [0.2, 0.25) is 0 Å². The molecule has 0 unspecified atom stereocenters. The number of carboxylic acids is 1. The number of carboxylic acid groups (broad SMARTS) is 1. The summed E-state index contributed by atoms with van der Waals surface area (Å²) in [6.07, 6.45) is 2.58. The van der Waals surface area contributed by atoms with Gasteiger partial charge in [-0.3, -0.25) is 9.59 Å². The van der Waals surface area contributed by atoms with Gasteiger partial charge in [0.05, 0.1) is 18.0 Å². The molecule has 0 bridgehead atoms. The molecule has 11 nitrogen and oxygen atoms in total. The molecule has 2 aliphatic rings. The molecule has 0 aliphatic carbocycles. The summed E-state index contributed by atoms with van der Waals surface area (Å²) in [6, 6.07) is 18.0. The first-order chi connectivity index (χ1) is 25.9. The third-order valence-corrected chi connectivity index (χ3v) is 10.4. The monoisotopic (exact) mass is 886 g/mol. The molecule has 16 heteroatoms. The van der Waals surface area contributed by atoms with Crippen molar-refractivity contribution >= 4 is 88.9 Å². The van der Waals surface area contributed by atoms with Crippen LogP contribution in [0.25, 0.3) is 44.6 Å². The van der Waals surface area contributed by atoms with Gasteiger partial charge in [0.25, 0.3) is 0 Å². The molecule has 6 aromatic rings. The first-order valence-electron chi connectivity index (χ1n) is 17.0. The Morgan fingerprint density at radius 3 is 1.52 bits per heavy atom. The molecule has 284 valence electrons. The number of furan rings is 2. The van der Waals surface area contributed by atoms with Crippen molar-refractivity contribution in [3.05, 3.63) is 105 Å². The Hall–Kier alpha value is -4.78. The SMILES string of the molecule is CCOC(=O)c1c(-c2ccc(F)cc2)oc2cc(N3CCCC3=O)c(Br)cc12.O=C(O)c1c(-c2ccc(F)cc2)oc2cc(N3CCCC3=O)c(Br)cc12.[Li+].[OH-]. The van der Waals surface area contributed by atoms with Crippen molar-refractivity contribution in [3.63, 3.8) is 0 Å². The fourth-order valence-electron chi connectivity index (χ4n) is 6.66. The molecule has 0 saturated carbocycles. The topological polar surface area (TPSA) is 160 Å². The third-order valence-electron chi connectivity index (χ3n) is 9.15. The Labute approximate surface area is 347 Å². The molecule has 56 heavy (non-hydrogen) atoms. The number of hydrogen-bond donors (Lipinski definition) is 1. The summed E-state index contributed by atoms with van der Waals surface area (Å²) in [4.78, 5) is 52.0. The first-order valence-corrected chi connectivity index (χ1v) is 18.6. The summed E-state index contributed by atoms with van der Waals surface area (Å²) in [7, 11) is 0. The van der Waals surface area contributed by atoms with E-state index < -0.39 is 17.8 Å². The number of nitrogens with zero attached hydrogens (tertiary/aromatic N) is 2. The van der Waals surface area contributed by atoms with E-state index in [1.807, 2.05) is 0 Å². The van der Waals surface area contributed by atoms with E-state index in [0.29, 0.717) is 85.1 Å². The maximum absolute atomic E-state index is 13.3. The van der Waals surface area contributed by atoms with Gasteiger partial charge in [-0.1, -0.05) is 0 Å². The maximum Gasteiger partial charge on any atom is 1.00 e.